The van der Waals surface area contributed by atoms with Crippen molar-refractivity contribution in [3.05, 3.63) is 13.8 Å². The van der Waals surface area contributed by atoms with Gasteiger partial charge in [0.1, 0.15) is 6.92 Å². The number of carbonyl (C=O) groups excluding carboxylic acids is 1. The lowest BCUT2D eigenvalue weighted by atomic mass is 10.4. The molecule has 0 heterocycles. The molecular weight excluding hydrogens is 80.0 g/mol. The third kappa shape index (κ3) is 3.50. The van der Waals surface area contributed by atoms with E-state index in [-0.39, 0.29) is 0 Å². The Morgan fingerprint density at radius 1 is 2.00 bits per heavy atom. The minimum atomic E-state index is -1.82. The molecule has 2 heteroatoms. The first-order valence-corrected chi connectivity index (χ1v) is 1.40. The molecule has 0 atom stereocenters. The standard InChI is InChI=1S/C4H6O2/c1-4(2,5)6-3/h1-3H2. The van der Waals surface area contributed by atoms with Crippen molar-refractivity contribution in [2.24, 2.45) is 0 Å². The highest BCUT2D eigenvalue weighted by molar-refractivity contribution is 5.13. The molecule has 0 N–H and O–H groups in total. The van der Waals surface area contributed by atoms with Crippen LogP contribution in [-0.2, 0) is 4.42 Å². The molecule has 0 unspecified atom stereocenters. The van der Waals surface area contributed by atoms with E-state index in [2.05, 4.69) is 25.1 Å². The van der Waals surface area contributed by atoms with E-state index >= 15 is 0 Å². The molecule has 0 radical (unpaired) electrons. The number of hydrogen-bond acceptors (Lipinski definition) is 1. The van der Waals surface area contributed by atoms with E-state index in [1.54, 1.807) is 0 Å². The van der Waals surface area contributed by atoms with Crippen molar-refractivity contribution < 1.29 is 9.53 Å². The van der Waals surface area contributed by atoms with E-state index < -0.39 is 5.79 Å². The molecule has 0 aliphatic heterocycles. The molecule has 2 nitrogen and oxygen atoms in total. The van der Waals surface area contributed by atoms with Crippen molar-refractivity contribution in [1.82, 2.24) is 0 Å². The Hall–Kier alpha value is -0.500. The maximum absolute atomic E-state index is 9.97. The van der Waals surface area contributed by atoms with Gasteiger partial charge in [-0.25, -0.2) is 6.92 Å². The molecule has 0 aliphatic carbocycles. The second kappa shape index (κ2) is 1.30. The Morgan fingerprint density at radius 3 is 2.17 bits per heavy atom. The zero-order valence-electron chi connectivity index (χ0n) is 3.44. The Balaban J connectivity index is 3.45. The molecule has 0 bridgehead atoms. The summed E-state index contributed by atoms with van der Waals surface area (Å²) in [5.41, 5.74) is 0. The number of hydrogen-bond donors (Lipinski definition) is 0. The Labute approximate surface area is 37.1 Å². The van der Waals surface area contributed by atoms with Crippen LogP contribution in [0.4, 0.5) is 0 Å². The fourth-order valence-electron chi connectivity index (χ4n) is 0. The maximum atomic E-state index is 9.97. The molecule has 0 saturated heterocycles. The Morgan fingerprint density at radius 2 is 2.17 bits per heavy atom. The second-order valence-corrected chi connectivity index (χ2v) is 1.06. The molecule has 34 valence electrons. The fraction of sp³-hybridized carbons (Fsp3) is 0.250. The van der Waals surface area contributed by atoms with Crippen LogP contribution in [0.5, 0.6) is 0 Å². The third-order valence-electron chi connectivity index (χ3n) is 0.263. The first-order chi connectivity index (χ1) is 2.56. The van der Waals surface area contributed by atoms with Gasteiger partial charge in [-0.05, 0) is 0 Å². The second-order valence-electron chi connectivity index (χ2n) is 1.06. The monoisotopic (exact) mass is 86.0 g/mol. The van der Waals surface area contributed by atoms with Gasteiger partial charge in [-0.3, -0.25) is 4.42 Å². The van der Waals surface area contributed by atoms with E-state index in [0.717, 1.165) is 0 Å². The molecule has 0 spiro atoms. The lowest BCUT2D eigenvalue weighted by molar-refractivity contribution is -0.723. The SMILES string of the molecule is C=[O+]C([CH2+])([CH2-])[O-]. The Bertz CT molecular complexity index is 51.1. The summed E-state index contributed by atoms with van der Waals surface area (Å²) in [5, 5.41) is 9.97. The summed E-state index contributed by atoms with van der Waals surface area (Å²) in [6, 6.07) is 0. The van der Waals surface area contributed by atoms with Crippen LogP contribution in [-0.4, -0.2) is 12.6 Å². The van der Waals surface area contributed by atoms with Crippen LogP contribution in [0.1, 0.15) is 0 Å². The van der Waals surface area contributed by atoms with Crippen molar-refractivity contribution in [3.8, 4) is 0 Å². The van der Waals surface area contributed by atoms with E-state index in [1.807, 2.05) is 0 Å². The van der Waals surface area contributed by atoms with E-state index in [9.17, 15) is 5.11 Å². The van der Waals surface area contributed by atoms with Crippen LogP contribution in [0.3, 0.4) is 0 Å². The molecule has 0 aromatic heterocycles. The largest absolute Gasteiger partial charge is 0.757 e. The smallest absolute Gasteiger partial charge is 0.274 e. The molecule has 6 heavy (non-hydrogen) atoms. The van der Waals surface area contributed by atoms with Gasteiger partial charge in [0.15, 0.2) is 0 Å². The van der Waals surface area contributed by atoms with Crippen molar-refractivity contribution in [2.45, 2.75) is 5.79 Å². The number of rotatable bonds is 1. The van der Waals surface area contributed by atoms with Crippen LogP contribution in [0.2, 0.25) is 0 Å². The lowest BCUT2D eigenvalue weighted by Crippen LogP contribution is -2.37. The third-order valence-corrected chi connectivity index (χ3v) is 0.263. The minimum Gasteiger partial charge on any atom is -0.757 e. The zero-order valence-corrected chi connectivity index (χ0v) is 3.44. The first-order valence-electron chi connectivity index (χ1n) is 1.40. The molecule has 0 fully saturated rings. The Kier molecular flexibility index (Phi) is 1.20. The highest BCUT2D eigenvalue weighted by atomic mass is 16.5. The minimum absolute atomic E-state index is 1.82. The zero-order chi connectivity index (χ0) is 5.21. The predicted octanol–water partition coefficient (Wildman–Crippen LogP) is -0.924. The van der Waals surface area contributed by atoms with Gasteiger partial charge in [0, 0.05) is 0 Å². The predicted molar refractivity (Wildman–Crippen MR) is 20.6 cm³/mol. The molecule has 0 saturated carbocycles. The fourth-order valence-corrected chi connectivity index (χ4v) is 0. The summed E-state index contributed by atoms with van der Waals surface area (Å²) in [6.45, 7) is 8.69. The average Bonchev–Trinajstić information content (AvgIpc) is 1.35. The van der Waals surface area contributed by atoms with Gasteiger partial charge in [0.25, 0.3) is 6.79 Å². The lowest BCUT2D eigenvalue weighted by Gasteiger charge is -2.10. The van der Waals surface area contributed by atoms with Crippen LogP contribution >= 0.6 is 0 Å². The summed E-state index contributed by atoms with van der Waals surface area (Å²) < 4.78 is 3.91. The van der Waals surface area contributed by atoms with Crippen molar-refractivity contribution in [3.63, 3.8) is 0 Å². The average molecular weight is 86.1 g/mol. The molecule has 0 rings (SSSR count). The summed E-state index contributed by atoms with van der Waals surface area (Å²) in [6.07, 6.45) is 0. The summed E-state index contributed by atoms with van der Waals surface area (Å²) in [4.78, 5) is 0. The van der Waals surface area contributed by atoms with E-state index in [4.69, 9.17) is 0 Å². The van der Waals surface area contributed by atoms with Gasteiger partial charge in [-0.1, -0.05) is 0 Å². The first kappa shape index (κ1) is 5.50. The van der Waals surface area contributed by atoms with E-state index in [0.29, 0.717) is 0 Å². The highest BCUT2D eigenvalue weighted by Crippen LogP contribution is 1.84. The summed E-state index contributed by atoms with van der Waals surface area (Å²) in [5.74, 6) is -1.82. The normalized spacial score (nSPS) is 19.0. The van der Waals surface area contributed by atoms with Crippen LogP contribution < -0.4 is 5.11 Å². The molecule has 0 aromatic rings. The topological polar surface area (TPSA) is 34.4 Å². The van der Waals surface area contributed by atoms with Gasteiger partial charge >= 0.3 is 0 Å². The van der Waals surface area contributed by atoms with Crippen molar-refractivity contribution >= 4 is 6.79 Å². The van der Waals surface area contributed by atoms with Crippen molar-refractivity contribution in [1.29, 1.82) is 0 Å². The van der Waals surface area contributed by atoms with Crippen molar-refractivity contribution in [2.75, 3.05) is 0 Å². The van der Waals surface area contributed by atoms with Gasteiger partial charge in [0.05, 0.1) is 0 Å². The van der Waals surface area contributed by atoms with Gasteiger partial charge in [0.2, 0.25) is 5.79 Å². The van der Waals surface area contributed by atoms with Crippen LogP contribution in [0.25, 0.3) is 0 Å². The van der Waals surface area contributed by atoms with Gasteiger partial charge in [-0.15, -0.1) is 0 Å². The van der Waals surface area contributed by atoms with Crippen LogP contribution in [0.15, 0.2) is 0 Å². The maximum Gasteiger partial charge on any atom is 0.274 e. The molecule has 0 aromatic carbocycles. The molecular formula is C4H6O2. The van der Waals surface area contributed by atoms with Crippen LogP contribution in [0, 0.1) is 13.8 Å². The summed E-state index contributed by atoms with van der Waals surface area (Å²) >= 11 is 0. The highest BCUT2D eigenvalue weighted by Gasteiger charge is 2.05. The van der Waals surface area contributed by atoms with E-state index in [1.165, 1.54) is 0 Å². The van der Waals surface area contributed by atoms with Gasteiger partial charge < -0.3 is 5.11 Å². The van der Waals surface area contributed by atoms with Gasteiger partial charge in [-0.2, -0.15) is 0 Å². The molecule has 0 aliphatic rings. The quantitative estimate of drug-likeness (QED) is 0.231. The summed E-state index contributed by atoms with van der Waals surface area (Å²) in [7, 11) is 0. The molecule has 0 amide bonds.